The molecule has 6 heteroatoms. The highest BCUT2D eigenvalue weighted by Gasteiger charge is 2.53. The summed E-state index contributed by atoms with van der Waals surface area (Å²) in [6, 6.07) is 0. The molecule has 1 saturated heterocycles. The van der Waals surface area contributed by atoms with Crippen molar-refractivity contribution in [3.05, 3.63) is 39.3 Å². The molecule has 3 heterocycles. The van der Waals surface area contributed by atoms with Crippen LogP contribution in [0.2, 0.25) is 0 Å². The van der Waals surface area contributed by atoms with Gasteiger partial charge in [-0.25, -0.2) is 0 Å². The predicted molar refractivity (Wildman–Crippen MR) is 132 cm³/mol. The fraction of sp³-hybridized carbons (Fsp3) is 0.714. The lowest BCUT2D eigenvalue weighted by Gasteiger charge is -2.36. The maximum absolute atomic E-state index is 13.3. The van der Waals surface area contributed by atoms with Crippen LogP contribution in [0, 0.1) is 17.8 Å². The highest BCUT2D eigenvalue weighted by atomic mass is 16.5. The van der Waals surface area contributed by atoms with Gasteiger partial charge in [0, 0.05) is 31.6 Å². The Morgan fingerprint density at radius 3 is 2.76 bits per heavy atom. The average Bonchev–Trinajstić information content (AvgIpc) is 3.06. The molecule has 1 saturated carbocycles. The van der Waals surface area contributed by atoms with Gasteiger partial charge in [0.2, 0.25) is 0 Å². The van der Waals surface area contributed by atoms with Crippen LogP contribution in [-0.4, -0.2) is 27.7 Å². The molecule has 1 aromatic heterocycles. The van der Waals surface area contributed by atoms with Crippen LogP contribution in [0.25, 0.3) is 0 Å². The average molecular weight is 472 g/mol. The van der Waals surface area contributed by atoms with E-state index in [4.69, 9.17) is 9.47 Å². The van der Waals surface area contributed by atoms with Gasteiger partial charge in [-0.05, 0) is 55.9 Å². The number of hydrogen-bond donors (Lipinski definition) is 1. The number of ether oxygens (including phenoxy) is 2. The Morgan fingerprint density at radius 1 is 1.32 bits per heavy atom. The van der Waals surface area contributed by atoms with Gasteiger partial charge in [0.15, 0.2) is 0 Å². The van der Waals surface area contributed by atoms with E-state index in [1.54, 1.807) is 13.2 Å². The minimum Gasteiger partial charge on any atom is -0.486 e. The van der Waals surface area contributed by atoms with Gasteiger partial charge in [0.1, 0.15) is 23.2 Å². The van der Waals surface area contributed by atoms with Crippen molar-refractivity contribution >= 4 is 5.78 Å². The molecular formula is C28H41NO5. The Balaban J connectivity index is 1.65. The molecule has 0 aromatic carbocycles. The standard InChI is InChI=1S/C28H41NO5/c1-7-16(2)12-17(3)13-19(5)25-18(4)8-9-22(33-25)24-26-21(15-29(6)27(24)31)28(32)11-10-20(30)14-23(28)34-26/h13,15-18,22-23,25,32H,7-12,14H2,1-6H3/b19-13-/t16?,17?,18-,22+,23-,25-,28+/m1/s1. The van der Waals surface area contributed by atoms with Crippen LogP contribution in [-0.2, 0) is 22.2 Å². The van der Waals surface area contributed by atoms with Crippen LogP contribution >= 0.6 is 0 Å². The molecule has 3 aliphatic rings. The van der Waals surface area contributed by atoms with Crippen LogP contribution in [0.15, 0.2) is 22.6 Å². The highest BCUT2D eigenvalue weighted by molar-refractivity contribution is 5.81. The quantitative estimate of drug-likeness (QED) is 0.593. The molecule has 4 rings (SSSR count). The van der Waals surface area contributed by atoms with Crippen molar-refractivity contribution in [2.45, 2.75) is 103 Å². The number of pyridine rings is 1. The van der Waals surface area contributed by atoms with Crippen molar-refractivity contribution in [3.63, 3.8) is 0 Å². The lowest BCUT2D eigenvalue weighted by atomic mass is 9.78. The summed E-state index contributed by atoms with van der Waals surface area (Å²) in [4.78, 5) is 25.4. The fourth-order valence-corrected chi connectivity index (χ4v) is 6.15. The third-order valence-electron chi connectivity index (χ3n) is 8.32. The van der Waals surface area contributed by atoms with Crippen LogP contribution in [0.4, 0.5) is 0 Å². The van der Waals surface area contributed by atoms with Crippen molar-refractivity contribution in [1.29, 1.82) is 0 Å². The van der Waals surface area contributed by atoms with Gasteiger partial charge >= 0.3 is 0 Å². The highest BCUT2D eigenvalue weighted by Crippen LogP contribution is 2.51. The lowest BCUT2D eigenvalue weighted by Crippen LogP contribution is -2.43. The number of hydrogen-bond acceptors (Lipinski definition) is 5. The molecule has 188 valence electrons. The molecule has 1 aromatic rings. The van der Waals surface area contributed by atoms with Crippen molar-refractivity contribution in [2.75, 3.05) is 0 Å². The molecular weight excluding hydrogens is 430 g/mol. The van der Waals surface area contributed by atoms with Crippen LogP contribution < -0.4 is 10.3 Å². The number of allylic oxidation sites excluding steroid dienone is 1. The zero-order valence-corrected chi connectivity index (χ0v) is 21.6. The number of carbonyl (C=O) groups is 1. The van der Waals surface area contributed by atoms with E-state index in [1.165, 1.54) is 16.6 Å². The molecule has 1 N–H and O–H groups in total. The molecule has 2 aliphatic heterocycles. The number of carbonyl (C=O) groups excluding carboxylic acids is 1. The number of fused-ring (bicyclic) bond motifs is 3. The van der Waals surface area contributed by atoms with E-state index in [2.05, 4.69) is 40.7 Å². The third kappa shape index (κ3) is 4.51. The SMILES string of the molecule is CCC(C)CC(C)/C=C(/C)[C@@H]1O[C@H](c2c3c(cn(C)c2=O)[C@@]2(O)CCC(=O)C[C@H]2O3)CC[C@H]1C. The van der Waals surface area contributed by atoms with Gasteiger partial charge in [0.25, 0.3) is 5.56 Å². The summed E-state index contributed by atoms with van der Waals surface area (Å²) in [6.07, 6.45) is 7.74. The predicted octanol–water partition coefficient (Wildman–Crippen LogP) is 4.96. The molecule has 1 aliphatic carbocycles. The van der Waals surface area contributed by atoms with Crippen molar-refractivity contribution < 1.29 is 19.4 Å². The van der Waals surface area contributed by atoms with E-state index in [-0.39, 0.29) is 23.9 Å². The van der Waals surface area contributed by atoms with Crippen LogP contribution in [0.5, 0.6) is 5.75 Å². The zero-order chi connectivity index (χ0) is 24.8. The Labute approximate surface area is 203 Å². The van der Waals surface area contributed by atoms with Crippen LogP contribution in [0.3, 0.4) is 0 Å². The molecule has 2 fully saturated rings. The molecule has 0 amide bonds. The third-order valence-corrected chi connectivity index (χ3v) is 8.32. The Hall–Kier alpha value is -1.92. The second kappa shape index (κ2) is 9.62. The largest absolute Gasteiger partial charge is 0.486 e. The van der Waals surface area contributed by atoms with Gasteiger partial charge in [-0.2, -0.15) is 0 Å². The molecule has 0 spiro atoms. The maximum Gasteiger partial charge on any atom is 0.259 e. The zero-order valence-electron chi connectivity index (χ0n) is 21.6. The lowest BCUT2D eigenvalue weighted by molar-refractivity contribution is -0.133. The Kier molecular flexibility index (Phi) is 7.12. The first-order valence-electron chi connectivity index (χ1n) is 13.0. The summed E-state index contributed by atoms with van der Waals surface area (Å²) >= 11 is 0. The van der Waals surface area contributed by atoms with Crippen molar-refractivity contribution in [1.82, 2.24) is 4.57 Å². The minimum atomic E-state index is -1.23. The van der Waals surface area contributed by atoms with Gasteiger partial charge in [-0.3, -0.25) is 9.59 Å². The van der Waals surface area contributed by atoms with E-state index in [1.807, 2.05) is 0 Å². The first kappa shape index (κ1) is 25.2. The fourth-order valence-electron chi connectivity index (χ4n) is 6.15. The van der Waals surface area contributed by atoms with E-state index in [9.17, 15) is 14.7 Å². The summed E-state index contributed by atoms with van der Waals surface area (Å²) < 4.78 is 14.3. The number of nitrogens with zero attached hydrogens (tertiary/aromatic N) is 1. The molecule has 34 heavy (non-hydrogen) atoms. The van der Waals surface area contributed by atoms with E-state index < -0.39 is 17.8 Å². The first-order chi connectivity index (χ1) is 16.0. The van der Waals surface area contributed by atoms with E-state index in [0.717, 1.165) is 19.3 Å². The van der Waals surface area contributed by atoms with Gasteiger partial charge < -0.3 is 19.1 Å². The molecule has 2 unspecified atom stereocenters. The molecule has 7 atom stereocenters. The normalized spacial score (nSPS) is 33.1. The second-order valence-electron chi connectivity index (χ2n) is 11.2. The summed E-state index contributed by atoms with van der Waals surface area (Å²) in [5.41, 5.74) is 0.947. The minimum absolute atomic E-state index is 0.0629. The maximum atomic E-state index is 13.3. The molecule has 0 bridgehead atoms. The number of aromatic nitrogens is 1. The van der Waals surface area contributed by atoms with E-state index >= 15 is 0 Å². The Bertz CT molecular complexity index is 1030. The Morgan fingerprint density at radius 2 is 2.06 bits per heavy atom. The number of ketones is 1. The first-order valence-corrected chi connectivity index (χ1v) is 13.0. The summed E-state index contributed by atoms with van der Waals surface area (Å²) in [6.45, 7) is 11.1. The van der Waals surface area contributed by atoms with Crippen molar-refractivity contribution in [2.24, 2.45) is 24.8 Å². The number of aryl methyl sites for hydroxylation is 1. The van der Waals surface area contributed by atoms with Gasteiger partial charge in [-0.15, -0.1) is 0 Å². The van der Waals surface area contributed by atoms with E-state index in [0.29, 0.717) is 47.5 Å². The summed E-state index contributed by atoms with van der Waals surface area (Å²) in [7, 11) is 1.71. The van der Waals surface area contributed by atoms with Crippen LogP contribution in [0.1, 0.15) is 96.8 Å². The number of Topliss-reactive ketones (excluding diaryl/α,β-unsaturated/α-hetero) is 1. The number of rotatable bonds is 6. The van der Waals surface area contributed by atoms with Gasteiger partial charge in [-0.1, -0.05) is 40.2 Å². The smallest absolute Gasteiger partial charge is 0.259 e. The molecule has 0 radical (unpaired) electrons. The van der Waals surface area contributed by atoms with Gasteiger partial charge in [0.05, 0.1) is 17.8 Å². The summed E-state index contributed by atoms with van der Waals surface area (Å²) in [5.74, 6) is 2.04. The number of aliphatic hydroxyl groups is 1. The topological polar surface area (TPSA) is 77.8 Å². The monoisotopic (exact) mass is 471 g/mol. The van der Waals surface area contributed by atoms with Crippen molar-refractivity contribution in [3.8, 4) is 5.75 Å². The summed E-state index contributed by atoms with van der Waals surface area (Å²) in [5, 5.41) is 11.5. The second-order valence-corrected chi connectivity index (χ2v) is 11.2. The molecule has 6 nitrogen and oxygen atoms in total.